The second-order valence-electron chi connectivity index (χ2n) is 7.92. The minimum atomic E-state index is -1.27. The highest BCUT2D eigenvalue weighted by Gasteiger charge is 2.27. The zero-order valence-corrected chi connectivity index (χ0v) is 18.1. The number of carboxylic acid groups (broad SMARTS) is 1. The first kappa shape index (κ1) is 24.4. The van der Waals surface area contributed by atoms with Crippen LogP contribution in [-0.2, 0) is 25.7 Å². The van der Waals surface area contributed by atoms with Gasteiger partial charge in [-0.2, -0.15) is 0 Å². The summed E-state index contributed by atoms with van der Waals surface area (Å²) in [6.07, 6.45) is -1.29. The molecule has 2 rings (SSSR count). The second kappa shape index (κ2) is 10.9. The summed E-state index contributed by atoms with van der Waals surface area (Å²) in [7, 11) is 0. The monoisotopic (exact) mass is 442 g/mol. The maximum absolute atomic E-state index is 12.7. The van der Waals surface area contributed by atoms with Crippen molar-refractivity contribution in [1.29, 1.82) is 0 Å². The number of hydrogen-bond donors (Lipinski definition) is 3. The van der Waals surface area contributed by atoms with Crippen LogP contribution in [0.25, 0.3) is 0 Å². The predicted molar refractivity (Wildman–Crippen MR) is 116 cm³/mol. The van der Waals surface area contributed by atoms with Crippen LogP contribution in [0, 0.1) is 0 Å². The number of aromatic carboxylic acids is 1. The summed E-state index contributed by atoms with van der Waals surface area (Å²) < 4.78 is 10.4. The number of ether oxygens (including phenoxy) is 2. The highest BCUT2D eigenvalue weighted by Crippen LogP contribution is 2.12. The van der Waals surface area contributed by atoms with Gasteiger partial charge in [-0.3, -0.25) is 9.59 Å². The van der Waals surface area contributed by atoms with Gasteiger partial charge >= 0.3 is 18.0 Å². The molecule has 0 bridgehead atoms. The molecule has 0 aromatic heterocycles. The van der Waals surface area contributed by atoms with Crippen LogP contribution in [0.4, 0.5) is 10.5 Å². The lowest BCUT2D eigenvalue weighted by atomic mass is 10.1. The van der Waals surface area contributed by atoms with E-state index in [0.29, 0.717) is 5.69 Å². The first-order valence-electron chi connectivity index (χ1n) is 9.87. The summed E-state index contributed by atoms with van der Waals surface area (Å²) in [4.78, 5) is 48.2. The van der Waals surface area contributed by atoms with Crippen molar-refractivity contribution in [1.82, 2.24) is 5.32 Å². The first-order chi connectivity index (χ1) is 15.0. The molecule has 0 aliphatic rings. The van der Waals surface area contributed by atoms with Crippen molar-refractivity contribution < 1.29 is 33.8 Å². The average molecular weight is 442 g/mol. The molecule has 0 heterocycles. The van der Waals surface area contributed by atoms with Gasteiger partial charge in [0, 0.05) is 5.69 Å². The number of nitrogens with one attached hydrogen (secondary N) is 2. The summed E-state index contributed by atoms with van der Waals surface area (Å²) >= 11 is 0. The molecule has 170 valence electrons. The van der Waals surface area contributed by atoms with Gasteiger partial charge in [-0.15, -0.1) is 0 Å². The van der Waals surface area contributed by atoms with Gasteiger partial charge in [0.15, 0.2) is 0 Å². The molecule has 0 aliphatic heterocycles. The Labute approximate surface area is 185 Å². The van der Waals surface area contributed by atoms with Crippen LogP contribution in [0.2, 0.25) is 0 Å². The van der Waals surface area contributed by atoms with Gasteiger partial charge in [-0.25, -0.2) is 9.59 Å². The van der Waals surface area contributed by atoms with E-state index in [-0.39, 0.29) is 12.2 Å². The molecule has 9 nitrogen and oxygen atoms in total. The number of rotatable bonds is 8. The molecule has 2 aromatic carbocycles. The number of carbonyl (C=O) groups excluding carboxylic acids is 3. The van der Waals surface area contributed by atoms with Crippen molar-refractivity contribution in [3.8, 4) is 0 Å². The van der Waals surface area contributed by atoms with Gasteiger partial charge in [0.25, 0.3) is 0 Å². The van der Waals surface area contributed by atoms with Crippen molar-refractivity contribution in [2.75, 3.05) is 5.32 Å². The summed E-state index contributed by atoms with van der Waals surface area (Å²) in [5, 5.41) is 13.9. The number of carboxylic acids is 1. The zero-order valence-electron chi connectivity index (χ0n) is 18.1. The van der Waals surface area contributed by atoms with E-state index in [1.165, 1.54) is 24.3 Å². The van der Waals surface area contributed by atoms with Crippen LogP contribution in [0.15, 0.2) is 54.6 Å². The molecule has 3 N–H and O–H groups in total. The quantitative estimate of drug-likeness (QED) is 0.534. The first-order valence-corrected chi connectivity index (χ1v) is 9.87. The third-order valence-electron chi connectivity index (χ3n) is 4.02. The summed E-state index contributed by atoms with van der Waals surface area (Å²) in [6.45, 7) is 5.02. The Morgan fingerprint density at radius 1 is 0.969 bits per heavy atom. The molecule has 2 amide bonds. The highest BCUT2D eigenvalue weighted by atomic mass is 16.6. The molecule has 0 saturated heterocycles. The third kappa shape index (κ3) is 8.47. The Kier molecular flexibility index (Phi) is 8.34. The van der Waals surface area contributed by atoms with Crippen molar-refractivity contribution >= 4 is 29.6 Å². The predicted octanol–water partition coefficient (Wildman–Crippen LogP) is 3.35. The van der Waals surface area contributed by atoms with Gasteiger partial charge < -0.3 is 25.2 Å². The van der Waals surface area contributed by atoms with Gasteiger partial charge in [0.05, 0.1) is 12.0 Å². The van der Waals surface area contributed by atoms with Crippen molar-refractivity contribution in [3.05, 3.63) is 65.7 Å². The van der Waals surface area contributed by atoms with E-state index in [1.807, 2.05) is 6.07 Å². The van der Waals surface area contributed by atoms with Gasteiger partial charge in [-0.05, 0) is 50.6 Å². The van der Waals surface area contributed by atoms with Crippen molar-refractivity contribution in [3.63, 3.8) is 0 Å². The Hall–Kier alpha value is -3.88. The van der Waals surface area contributed by atoms with E-state index < -0.39 is 42.0 Å². The number of amides is 2. The van der Waals surface area contributed by atoms with E-state index in [9.17, 15) is 19.2 Å². The number of alkyl carbamates (subject to hydrolysis) is 1. The molecule has 0 saturated carbocycles. The van der Waals surface area contributed by atoms with Crippen molar-refractivity contribution in [2.24, 2.45) is 0 Å². The minimum absolute atomic E-state index is 0.0249. The van der Waals surface area contributed by atoms with E-state index in [0.717, 1.165) is 5.56 Å². The molecule has 1 atom stereocenters. The van der Waals surface area contributed by atoms with Crippen LogP contribution in [0.1, 0.15) is 43.1 Å². The molecule has 0 radical (unpaired) electrons. The van der Waals surface area contributed by atoms with Gasteiger partial charge in [0.2, 0.25) is 5.91 Å². The number of carbonyl (C=O) groups is 4. The largest absolute Gasteiger partial charge is 0.478 e. The number of benzene rings is 2. The lowest BCUT2D eigenvalue weighted by molar-refractivity contribution is -0.146. The van der Waals surface area contributed by atoms with Crippen LogP contribution in [0.5, 0.6) is 0 Å². The second-order valence-corrected chi connectivity index (χ2v) is 7.92. The summed E-state index contributed by atoms with van der Waals surface area (Å²) in [5.74, 6) is -2.48. The zero-order chi connectivity index (χ0) is 23.7. The van der Waals surface area contributed by atoms with E-state index in [4.69, 9.17) is 14.6 Å². The number of hydrogen-bond acceptors (Lipinski definition) is 6. The molecule has 9 heteroatoms. The van der Waals surface area contributed by atoms with Crippen LogP contribution in [-0.4, -0.2) is 40.7 Å². The van der Waals surface area contributed by atoms with Crippen LogP contribution in [0.3, 0.4) is 0 Å². The maximum atomic E-state index is 12.7. The fourth-order valence-electron chi connectivity index (χ4n) is 2.55. The normalized spacial score (nSPS) is 11.7. The molecule has 1 unspecified atom stereocenters. The standard InChI is InChI=1S/C23H26N2O7/c1-23(2,3)32-22(30)25-18(13-19(26)31-14-15-7-5-4-6-8-15)20(27)24-17-11-9-16(10-12-17)21(28)29/h4-12,18H,13-14H2,1-3H3,(H,24,27)(H,25,30)(H,28,29). The Morgan fingerprint density at radius 2 is 1.59 bits per heavy atom. The van der Waals surface area contributed by atoms with E-state index in [2.05, 4.69) is 10.6 Å². The topological polar surface area (TPSA) is 131 Å². The number of anilines is 1. The minimum Gasteiger partial charge on any atom is -0.478 e. The van der Waals surface area contributed by atoms with Crippen LogP contribution >= 0.6 is 0 Å². The molecule has 0 aliphatic carbocycles. The SMILES string of the molecule is CC(C)(C)OC(=O)NC(CC(=O)OCc1ccccc1)C(=O)Nc1ccc(C(=O)O)cc1. The average Bonchev–Trinajstić information content (AvgIpc) is 2.71. The highest BCUT2D eigenvalue weighted by molar-refractivity contribution is 5.99. The lowest BCUT2D eigenvalue weighted by Gasteiger charge is -2.23. The Balaban J connectivity index is 2.06. The molecular formula is C23H26N2O7. The summed E-state index contributed by atoms with van der Waals surface area (Å²) in [6, 6.07) is 13.2. The molecule has 0 spiro atoms. The third-order valence-corrected chi connectivity index (χ3v) is 4.02. The molecule has 32 heavy (non-hydrogen) atoms. The fraction of sp³-hybridized carbons (Fsp3) is 0.304. The van der Waals surface area contributed by atoms with Crippen molar-refractivity contribution in [2.45, 2.75) is 45.4 Å². The smallest absolute Gasteiger partial charge is 0.408 e. The van der Waals surface area contributed by atoms with Crippen LogP contribution < -0.4 is 10.6 Å². The van der Waals surface area contributed by atoms with E-state index >= 15 is 0 Å². The van der Waals surface area contributed by atoms with Gasteiger partial charge in [-0.1, -0.05) is 30.3 Å². The number of esters is 1. The molecular weight excluding hydrogens is 416 g/mol. The van der Waals surface area contributed by atoms with E-state index in [1.54, 1.807) is 45.0 Å². The maximum Gasteiger partial charge on any atom is 0.408 e. The van der Waals surface area contributed by atoms with Gasteiger partial charge in [0.1, 0.15) is 18.2 Å². The summed E-state index contributed by atoms with van der Waals surface area (Å²) in [5.41, 5.74) is 0.330. The lowest BCUT2D eigenvalue weighted by Crippen LogP contribution is -2.47. The Morgan fingerprint density at radius 3 is 2.16 bits per heavy atom. The fourth-order valence-corrected chi connectivity index (χ4v) is 2.55. The molecule has 0 fully saturated rings. The molecule has 2 aromatic rings. The Bertz CT molecular complexity index is 951.